The predicted octanol–water partition coefficient (Wildman–Crippen LogP) is 4.25. The molecule has 30 heavy (non-hydrogen) atoms. The molecule has 1 fully saturated rings. The summed E-state index contributed by atoms with van der Waals surface area (Å²) in [4.78, 5) is 15.1. The van der Waals surface area contributed by atoms with E-state index < -0.39 is 5.72 Å². The van der Waals surface area contributed by atoms with E-state index in [1.54, 1.807) is 23.3 Å². The van der Waals surface area contributed by atoms with Crippen molar-refractivity contribution in [3.63, 3.8) is 0 Å². The molecule has 2 aromatic rings. The summed E-state index contributed by atoms with van der Waals surface area (Å²) >= 11 is 1.71. The molecule has 1 amide bonds. The number of methoxy groups -OCH3 is 1. The number of hydrogen-bond acceptors (Lipinski definition) is 7. The Hall–Kier alpha value is -2.74. The second kappa shape index (κ2) is 7.50. The first kappa shape index (κ1) is 19.2. The van der Waals surface area contributed by atoms with Gasteiger partial charge in [0.2, 0.25) is 5.72 Å². The molecule has 0 unspecified atom stereocenters. The van der Waals surface area contributed by atoms with Gasteiger partial charge >= 0.3 is 6.09 Å². The van der Waals surface area contributed by atoms with Crippen molar-refractivity contribution in [2.24, 2.45) is 5.10 Å². The van der Waals surface area contributed by atoms with Crippen molar-refractivity contribution in [1.29, 1.82) is 0 Å². The Morgan fingerprint density at radius 3 is 2.83 bits per heavy atom. The number of piperidine rings is 1. The zero-order valence-electron chi connectivity index (χ0n) is 17.2. The third kappa shape index (κ3) is 3.01. The predicted molar refractivity (Wildman–Crippen MR) is 114 cm³/mol. The second-order valence-corrected chi connectivity index (χ2v) is 8.65. The smallest absolute Gasteiger partial charge is 0.409 e. The highest BCUT2D eigenvalue weighted by Crippen LogP contribution is 2.52. The van der Waals surface area contributed by atoms with Gasteiger partial charge in [-0.2, -0.15) is 5.10 Å². The molecular formula is C22H25N3O4S. The SMILES string of the molecule is CCOC(=O)N1CCC2(CC1)Oc1c(OC)cccc1[C@@H]1CC(c3cccs3)=NN12. The van der Waals surface area contributed by atoms with Crippen LogP contribution in [0.5, 0.6) is 11.5 Å². The Morgan fingerprint density at radius 2 is 2.13 bits per heavy atom. The van der Waals surface area contributed by atoms with E-state index >= 15 is 0 Å². The maximum absolute atomic E-state index is 12.2. The van der Waals surface area contributed by atoms with Crippen molar-refractivity contribution < 1.29 is 19.0 Å². The van der Waals surface area contributed by atoms with Crippen LogP contribution in [0.2, 0.25) is 0 Å². The van der Waals surface area contributed by atoms with Gasteiger partial charge in [0.15, 0.2) is 11.5 Å². The van der Waals surface area contributed by atoms with E-state index in [4.69, 9.17) is 19.3 Å². The molecule has 5 rings (SSSR count). The molecule has 3 aliphatic heterocycles. The number of benzene rings is 1. The molecule has 7 nitrogen and oxygen atoms in total. The number of carbonyl (C=O) groups is 1. The number of fused-ring (bicyclic) bond motifs is 4. The van der Waals surface area contributed by atoms with E-state index in [9.17, 15) is 4.79 Å². The van der Waals surface area contributed by atoms with Gasteiger partial charge in [-0.25, -0.2) is 9.80 Å². The second-order valence-electron chi connectivity index (χ2n) is 7.70. The molecule has 0 radical (unpaired) electrons. The number of rotatable bonds is 3. The van der Waals surface area contributed by atoms with Crippen molar-refractivity contribution in [3.8, 4) is 11.5 Å². The van der Waals surface area contributed by atoms with Crippen molar-refractivity contribution in [1.82, 2.24) is 9.91 Å². The quantitative estimate of drug-likeness (QED) is 0.733. The van der Waals surface area contributed by atoms with Gasteiger partial charge in [-0.05, 0) is 24.4 Å². The summed E-state index contributed by atoms with van der Waals surface area (Å²) in [5.74, 6) is 1.54. The molecule has 158 valence electrons. The van der Waals surface area contributed by atoms with Gasteiger partial charge in [-0.1, -0.05) is 18.2 Å². The summed E-state index contributed by atoms with van der Waals surface area (Å²) in [6.07, 6.45) is 1.87. The lowest BCUT2D eigenvalue weighted by molar-refractivity contribution is -0.148. The lowest BCUT2D eigenvalue weighted by atomic mass is 9.91. The topological polar surface area (TPSA) is 63.6 Å². The number of hydrogen-bond donors (Lipinski definition) is 0. The molecule has 1 aromatic carbocycles. The number of nitrogens with zero attached hydrogens (tertiary/aromatic N) is 3. The molecule has 1 aromatic heterocycles. The summed E-state index contributed by atoms with van der Waals surface area (Å²) in [5.41, 5.74) is 1.58. The van der Waals surface area contributed by atoms with E-state index in [1.165, 1.54) is 4.88 Å². The summed E-state index contributed by atoms with van der Waals surface area (Å²) in [6, 6.07) is 10.3. The van der Waals surface area contributed by atoms with Crippen LogP contribution in [0.3, 0.4) is 0 Å². The van der Waals surface area contributed by atoms with Crippen LogP contribution in [0.25, 0.3) is 0 Å². The molecule has 8 heteroatoms. The third-order valence-electron chi connectivity index (χ3n) is 6.08. The molecule has 1 spiro atoms. The Kier molecular flexibility index (Phi) is 4.81. The minimum Gasteiger partial charge on any atom is -0.493 e. The monoisotopic (exact) mass is 427 g/mol. The average Bonchev–Trinajstić information content (AvgIpc) is 3.45. The van der Waals surface area contributed by atoms with E-state index in [2.05, 4.69) is 28.6 Å². The summed E-state index contributed by atoms with van der Waals surface area (Å²) in [7, 11) is 1.67. The number of thiophene rings is 1. The largest absolute Gasteiger partial charge is 0.493 e. The number of likely N-dealkylation sites (tertiary alicyclic amines) is 1. The molecule has 0 saturated carbocycles. The highest BCUT2D eigenvalue weighted by atomic mass is 32.1. The van der Waals surface area contributed by atoms with Gasteiger partial charge in [-0.15, -0.1) is 11.3 Å². The van der Waals surface area contributed by atoms with Crippen LogP contribution >= 0.6 is 11.3 Å². The fraction of sp³-hybridized carbons (Fsp3) is 0.455. The fourth-order valence-electron chi connectivity index (χ4n) is 4.61. The molecule has 1 atom stereocenters. The summed E-state index contributed by atoms with van der Waals surface area (Å²) in [6.45, 7) is 3.34. The molecule has 4 heterocycles. The number of para-hydroxylation sites is 1. The Morgan fingerprint density at radius 1 is 1.30 bits per heavy atom. The summed E-state index contributed by atoms with van der Waals surface area (Å²) < 4.78 is 17.5. The van der Waals surface area contributed by atoms with Gasteiger partial charge in [0.1, 0.15) is 0 Å². The average molecular weight is 428 g/mol. The lowest BCUT2D eigenvalue weighted by Crippen LogP contribution is -2.59. The zero-order chi connectivity index (χ0) is 20.7. The van der Waals surface area contributed by atoms with E-state index in [0.29, 0.717) is 32.5 Å². The first-order valence-corrected chi connectivity index (χ1v) is 11.2. The van der Waals surface area contributed by atoms with Crippen LogP contribution in [-0.2, 0) is 4.74 Å². The highest BCUT2D eigenvalue weighted by molar-refractivity contribution is 7.12. The molecule has 0 bridgehead atoms. The van der Waals surface area contributed by atoms with Gasteiger partial charge in [0.25, 0.3) is 0 Å². The zero-order valence-corrected chi connectivity index (χ0v) is 18.0. The van der Waals surface area contributed by atoms with Crippen LogP contribution in [0.15, 0.2) is 40.8 Å². The number of ether oxygens (including phenoxy) is 3. The van der Waals surface area contributed by atoms with Gasteiger partial charge in [-0.3, -0.25) is 0 Å². The Bertz CT molecular complexity index is 967. The van der Waals surface area contributed by atoms with Crippen molar-refractivity contribution >= 4 is 23.1 Å². The number of amides is 1. The number of hydrazone groups is 1. The highest BCUT2D eigenvalue weighted by Gasteiger charge is 2.53. The van der Waals surface area contributed by atoms with Crippen LogP contribution in [0.1, 0.15) is 42.7 Å². The van der Waals surface area contributed by atoms with Crippen molar-refractivity contribution in [2.45, 2.75) is 38.0 Å². The van der Waals surface area contributed by atoms with E-state index in [-0.39, 0.29) is 12.1 Å². The fourth-order valence-corrected chi connectivity index (χ4v) is 5.33. The van der Waals surface area contributed by atoms with Crippen molar-refractivity contribution in [3.05, 3.63) is 46.2 Å². The molecule has 0 aliphatic carbocycles. The normalized spacial score (nSPS) is 21.5. The maximum atomic E-state index is 12.2. The first-order chi connectivity index (χ1) is 14.6. The molecule has 1 saturated heterocycles. The van der Waals surface area contributed by atoms with Crippen LogP contribution < -0.4 is 9.47 Å². The lowest BCUT2D eigenvalue weighted by Gasteiger charge is -2.51. The molecular weight excluding hydrogens is 402 g/mol. The minimum atomic E-state index is -0.603. The third-order valence-corrected chi connectivity index (χ3v) is 7.00. The van der Waals surface area contributed by atoms with Gasteiger partial charge in [0, 0.05) is 37.9 Å². The maximum Gasteiger partial charge on any atom is 0.409 e. The molecule has 3 aliphatic rings. The first-order valence-electron chi connectivity index (χ1n) is 10.3. The van der Waals surface area contributed by atoms with Crippen molar-refractivity contribution in [2.75, 3.05) is 26.8 Å². The van der Waals surface area contributed by atoms with Crippen LogP contribution in [0.4, 0.5) is 4.79 Å². The Balaban J connectivity index is 1.51. The minimum absolute atomic E-state index is 0.0927. The molecule has 0 N–H and O–H groups in total. The van der Waals surface area contributed by atoms with E-state index in [0.717, 1.165) is 29.2 Å². The summed E-state index contributed by atoms with van der Waals surface area (Å²) in [5, 5.41) is 9.27. The van der Waals surface area contributed by atoms with Gasteiger partial charge < -0.3 is 19.1 Å². The van der Waals surface area contributed by atoms with Gasteiger partial charge in [0.05, 0.1) is 30.3 Å². The van der Waals surface area contributed by atoms with Crippen LogP contribution in [-0.4, -0.2) is 54.2 Å². The van der Waals surface area contributed by atoms with Crippen LogP contribution in [0, 0.1) is 0 Å². The van der Waals surface area contributed by atoms with E-state index in [1.807, 2.05) is 19.1 Å². The number of carbonyl (C=O) groups excluding carboxylic acids is 1. The standard InChI is InChI=1S/C22H25N3O4S/c1-3-28-21(26)24-11-9-22(10-12-24)25-17(14-16(23-25)19-8-5-13-30-19)15-6-4-7-18(27-2)20(15)29-22/h4-8,13,17H,3,9-12,14H2,1-2H3/t17-/m0/s1. The Labute approximate surface area is 179 Å².